The number of nitrogens with zero attached hydrogens (tertiary/aromatic N) is 1. The zero-order valence-corrected chi connectivity index (χ0v) is 6.68. The first-order valence-electron chi connectivity index (χ1n) is 3.35. The van der Waals surface area contributed by atoms with E-state index >= 15 is 0 Å². The lowest BCUT2D eigenvalue weighted by Gasteiger charge is -2.03. The molecule has 0 unspecified atom stereocenters. The standard InChI is InChI=1S/C9H10N2/c1-4-8-5-6(2)9(10)7(3)11-8/h1,5H,10H2,2-3H3. The summed E-state index contributed by atoms with van der Waals surface area (Å²) in [5, 5.41) is 0. The molecule has 0 amide bonds. The van der Waals surface area contributed by atoms with E-state index in [0.717, 1.165) is 16.9 Å². The molecule has 0 atom stereocenters. The predicted molar refractivity (Wildman–Crippen MR) is 46.1 cm³/mol. The number of terminal acetylenes is 1. The fourth-order valence-corrected chi connectivity index (χ4v) is 0.915. The zero-order valence-electron chi connectivity index (χ0n) is 6.68. The van der Waals surface area contributed by atoms with Crippen molar-refractivity contribution in [2.75, 3.05) is 5.73 Å². The lowest BCUT2D eigenvalue weighted by Crippen LogP contribution is -1.98. The average molecular weight is 146 g/mol. The van der Waals surface area contributed by atoms with E-state index in [1.165, 1.54) is 0 Å². The summed E-state index contributed by atoms with van der Waals surface area (Å²) in [4.78, 5) is 4.09. The predicted octanol–water partition coefficient (Wildman–Crippen LogP) is 1.26. The number of anilines is 1. The summed E-state index contributed by atoms with van der Waals surface area (Å²) in [7, 11) is 0. The Balaban J connectivity index is 3.35. The van der Waals surface area contributed by atoms with E-state index in [9.17, 15) is 0 Å². The third-order valence-corrected chi connectivity index (χ3v) is 1.60. The molecule has 0 spiro atoms. The number of nitrogen functional groups attached to an aromatic ring is 1. The second-order valence-electron chi connectivity index (χ2n) is 2.47. The topological polar surface area (TPSA) is 38.9 Å². The number of nitrogens with two attached hydrogens (primary N) is 1. The molecular formula is C9H10N2. The van der Waals surface area contributed by atoms with Gasteiger partial charge in [0.05, 0.1) is 11.4 Å². The van der Waals surface area contributed by atoms with Crippen molar-refractivity contribution < 1.29 is 0 Å². The van der Waals surface area contributed by atoms with Gasteiger partial charge >= 0.3 is 0 Å². The molecule has 0 fully saturated rings. The molecule has 0 saturated carbocycles. The number of hydrogen-bond acceptors (Lipinski definition) is 2. The number of aryl methyl sites for hydroxylation is 2. The van der Waals surface area contributed by atoms with Gasteiger partial charge in [-0.1, -0.05) is 5.92 Å². The first kappa shape index (κ1) is 7.62. The molecule has 1 heterocycles. The zero-order chi connectivity index (χ0) is 8.43. The Morgan fingerprint density at radius 1 is 1.55 bits per heavy atom. The van der Waals surface area contributed by atoms with Gasteiger partial charge in [0.1, 0.15) is 5.69 Å². The highest BCUT2D eigenvalue weighted by Gasteiger charge is 2.00. The summed E-state index contributed by atoms with van der Waals surface area (Å²) >= 11 is 0. The van der Waals surface area contributed by atoms with Crippen LogP contribution in [0.25, 0.3) is 0 Å². The minimum Gasteiger partial charge on any atom is -0.397 e. The molecule has 1 aromatic heterocycles. The highest BCUT2D eigenvalue weighted by Crippen LogP contribution is 2.14. The highest BCUT2D eigenvalue weighted by atomic mass is 14.7. The van der Waals surface area contributed by atoms with Crippen LogP contribution in [-0.4, -0.2) is 4.98 Å². The molecule has 2 N–H and O–H groups in total. The molecule has 0 aromatic carbocycles. The van der Waals surface area contributed by atoms with Crippen molar-refractivity contribution in [1.82, 2.24) is 4.98 Å². The molecule has 0 aliphatic heterocycles. The van der Waals surface area contributed by atoms with Crippen LogP contribution < -0.4 is 5.73 Å². The minimum absolute atomic E-state index is 0.647. The van der Waals surface area contributed by atoms with Crippen LogP contribution >= 0.6 is 0 Å². The Morgan fingerprint density at radius 2 is 2.18 bits per heavy atom. The Labute approximate surface area is 66.4 Å². The number of hydrogen-bond donors (Lipinski definition) is 1. The first-order valence-corrected chi connectivity index (χ1v) is 3.35. The van der Waals surface area contributed by atoms with Crippen molar-refractivity contribution in [3.63, 3.8) is 0 Å². The van der Waals surface area contributed by atoms with E-state index in [-0.39, 0.29) is 0 Å². The van der Waals surface area contributed by atoms with E-state index < -0.39 is 0 Å². The Kier molecular flexibility index (Phi) is 1.82. The molecular weight excluding hydrogens is 136 g/mol. The maximum absolute atomic E-state index is 5.67. The molecule has 0 saturated heterocycles. The fraction of sp³-hybridized carbons (Fsp3) is 0.222. The van der Waals surface area contributed by atoms with Crippen molar-refractivity contribution >= 4 is 5.69 Å². The van der Waals surface area contributed by atoms with Crippen LogP contribution in [0.2, 0.25) is 0 Å². The van der Waals surface area contributed by atoms with Crippen LogP contribution in [0.3, 0.4) is 0 Å². The van der Waals surface area contributed by atoms with Gasteiger partial charge in [-0.3, -0.25) is 0 Å². The lowest BCUT2D eigenvalue weighted by atomic mass is 10.2. The maximum Gasteiger partial charge on any atom is 0.113 e. The Bertz CT molecular complexity index is 298. The van der Waals surface area contributed by atoms with Crippen LogP contribution in [-0.2, 0) is 0 Å². The van der Waals surface area contributed by atoms with Crippen molar-refractivity contribution in [3.05, 3.63) is 23.0 Å². The number of pyridine rings is 1. The highest BCUT2D eigenvalue weighted by molar-refractivity contribution is 5.51. The maximum atomic E-state index is 5.67. The van der Waals surface area contributed by atoms with Crippen LogP contribution in [0.5, 0.6) is 0 Å². The van der Waals surface area contributed by atoms with Gasteiger partial charge in [0, 0.05) is 0 Å². The largest absolute Gasteiger partial charge is 0.397 e. The van der Waals surface area contributed by atoms with Gasteiger partial charge < -0.3 is 5.73 Å². The second kappa shape index (κ2) is 2.63. The van der Waals surface area contributed by atoms with Crippen molar-refractivity contribution in [2.24, 2.45) is 0 Å². The quantitative estimate of drug-likeness (QED) is 0.560. The normalized spacial score (nSPS) is 9.18. The molecule has 0 radical (unpaired) electrons. The number of rotatable bonds is 0. The average Bonchev–Trinajstić information content (AvgIpc) is 1.99. The third kappa shape index (κ3) is 1.32. The SMILES string of the molecule is C#Cc1cc(C)c(N)c(C)n1. The monoisotopic (exact) mass is 146 g/mol. The van der Waals surface area contributed by atoms with Gasteiger partial charge in [-0.2, -0.15) is 0 Å². The molecule has 2 nitrogen and oxygen atoms in total. The summed E-state index contributed by atoms with van der Waals surface area (Å²) in [5.74, 6) is 2.47. The van der Waals surface area contributed by atoms with Crippen molar-refractivity contribution in [2.45, 2.75) is 13.8 Å². The van der Waals surface area contributed by atoms with Crippen LogP contribution in [0.15, 0.2) is 6.07 Å². The van der Waals surface area contributed by atoms with Crippen molar-refractivity contribution in [3.8, 4) is 12.3 Å². The van der Waals surface area contributed by atoms with Gasteiger partial charge in [-0.05, 0) is 25.5 Å². The molecule has 56 valence electrons. The summed E-state index contributed by atoms with van der Waals surface area (Å²) in [6.07, 6.45) is 5.18. The molecule has 0 aliphatic carbocycles. The number of aromatic nitrogens is 1. The van der Waals surface area contributed by atoms with Crippen LogP contribution in [0, 0.1) is 26.2 Å². The molecule has 0 bridgehead atoms. The molecule has 1 aromatic rings. The van der Waals surface area contributed by atoms with Gasteiger partial charge in [-0.15, -0.1) is 6.42 Å². The van der Waals surface area contributed by atoms with Crippen LogP contribution in [0.4, 0.5) is 5.69 Å². The van der Waals surface area contributed by atoms with Gasteiger partial charge in [0.2, 0.25) is 0 Å². The Morgan fingerprint density at radius 3 is 2.64 bits per heavy atom. The van der Waals surface area contributed by atoms with Gasteiger partial charge in [0.15, 0.2) is 0 Å². The molecule has 1 rings (SSSR count). The van der Waals surface area contributed by atoms with E-state index in [1.54, 1.807) is 0 Å². The van der Waals surface area contributed by atoms with E-state index in [2.05, 4.69) is 10.9 Å². The molecule has 2 heteroatoms. The minimum atomic E-state index is 0.647. The third-order valence-electron chi connectivity index (χ3n) is 1.60. The fourth-order valence-electron chi connectivity index (χ4n) is 0.915. The van der Waals surface area contributed by atoms with E-state index in [1.807, 2.05) is 19.9 Å². The summed E-state index contributed by atoms with van der Waals surface area (Å²) in [6.45, 7) is 3.77. The Hall–Kier alpha value is -1.49. The first-order chi connectivity index (χ1) is 5.15. The summed E-state index contributed by atoms with van der Waals surface area (Å²) in [5.41, 5.74) is 8.84. The summed E-state index contributed by atoms with van der Waals surface area (Å²) in [6, 6.07) is 1.81. The van der Waals surface area contributed by atoms with E-state index in [4.69, 9.17) is 12.2 Å². The summed E-state index contributed by atoms with van der Waals surface area (Å²) < 4.78 is 0. The lowest BCUT2D eigenvalue weighted by molar-refractivity contribution is 1.16. The van der Waals surface area contributed by atoms with Crippen molar-refractivity contribution in [1.29, 1.82) is 0 Å². The molecule has 0 aliphatic rings. The van der Waals surface area contributed by atoms with Gasteiger partial charge in [-0.25, -0.2) is 4.98 Å². The smallest absolute Gasteiger partial charge is 0.113 e. The molecule has 11 heavy (non-hydrogen) atoms. The van der Waals surface area contributed by atoms with E-state index in [0.29, 0.717) is 5.69 Å². The van der Waals surface area contributed by atoms with Crippen LogP contribution in [0.1, 0.15) is 17.0 Å². The van der Waals surface area contributed by atoms with Gasteiger partial charge in [0.25, 0.3) is 0 Å². The second-order valence-corrected chi connectivity index (χ2v) is 2.47.